The Hall–Kier alpha value is 1.30. The maximum absolute atomic E-state index is 8.19. The van der Waals surface area contributed by atoms with Crippen LogP contribution in [0.25, 0.3) is 0 Å². The Morgan fingerprint density at radius 1 is 1.17 bits per heavy atom. The minimum atomic E-state index is 0. The third kappa shape index (κ3) is 57.8. The molecule has 0 aromatic heterocycles. The molecule has 0 bridgehead atoms. The van der Waals surface area contributed by atoms with E-state index < -0.39 is 0 Å². The molecule has 0 amide bonds. The number of hydrogen-bond donors (Lipinski definition) is 1. The minimum absolute atomic E-state index is 0. The Labute approximate surface area is 67.1 Å². The molecule has 1 N–H and O–H groups in total. The standard InChI is InChI=1S/CH4O.2BrH.O.V/c1-2;;;;/h2H,1H3;2*1H;;. The summed E-state index contributed by atoms with van der Waals surface area (Å²) in [6.45, 7) is 0. The van der Waals surface area contributed by atoms with Crippen LogP contribution in [0.15, 0.2) is 0 Å². The number of aliphatic hydroxyl groups is 1. The van der Waals surface area contributed by atoms with Gasteiger partial charge in [0.15, 0.2) is 0 Å². The molecular weight excluding hydrogens is 255 g/mol. The summed E-state index contributed by atoms with van der Waals surface area (Å²) in [5.41, 5.74) is 0. The van der Waals surface area contributed by atoms with E-state index in [0.29, 0.717) is 0 Å². The van der Waals surface area contributed by atoms with Gasteiger partial charge in [-0.2, -0.15) is 0 Å². The number of aliphatic hydroxyl groups excluding tert-OH is 1. The second-order valence-electron chi connectivity index (χ2n) is 0. The third-order valence-electron chi connectivity index (χ3n) is 0. The summed E-state index contributed by atoms with van der Waals surface area (Å²) in [5, 5.41) is 7.00. The van der Waals surface area contributed by atoms with Crippen molar-refractivity contribution in [2.24, 2.45) is 0 Å². The predicted molar refractivity (Wildman–Crippen MR) is 29.5 cm³/mol. The van der Waals surface area contributed by atoms with Gasteiger partial charge in [-0.3, -0.25) is 0 Å². The van der Waals surface area contributed by atoms with Crippen LogP contribution in [0.4, 0.5) is 0 Å². The number of hydrogen-bond acceptors (Lipinski definition) is 2. The second-order valence-corrected chi connectivity index (χ2v) is 0. The molecule has 0 saturated heterocycles. The Bertz CT molecular complexity index is 11.5. The van der Waals surface area contributed by atoms with E-state index in [2.05, 4.69) is 0 Å². The first-order valence-corrected chi connectivity index (χ1v) is 1.20. The van der Waals surface area contributed by atoms with Gasteiger partial charge in [0.1, 0.15) is 0 Å². The second kappa shape index (κ2) is 104. The van der Waals surface area contributed by atoms with E-state index in [1.54, 1.807) is 0 Å². The van der Waals surface area contributed by atoms with Crippen LogP contribution < -0.4 is 0 Å². The quantitative estimate of drug-likeness (QED) is 0.694. The van der Waals surface area contributed by atoms with Gasteiger partial charge in [-0.1, -0.05) is 0 Å². The fourth-order valence-electron chi connectivity index (χ4n) is 0. The molecule has 0 aliphatic rings. The zero-order valence-electron chi connectivity index (χ0n) is 3.12. The average Bonchev–Trinajstić information content (AvgIpc) is 1.50. The summed E-state index contributed by atoms with van der Waals surface area (Å²) in [5.74, 6) is 0. The van der Waals surface area contributed by atoms with Crippen molar-refractivity contribution in [2.75, 3.05) is 7.11 Å². The van der Waals surface area contributed by atoms with Crippen molar-refractivity contribution < 1.29 is 26.1 Å². The predicted octanol–water partition coefficient (Wildman–Crippen LogP) is 0.643. The molecule has 0 aliphatic carbocycles. The SMILES string of the molecule is Br.Br.CO.[O]=[V]. The Morgan fingerprint density at radius 3 is 1.17 bits per heavy atom. The Morgan fingerprint density at radius 2 is 1.17 bits per heavy atom. The van der Waals surface area contributed by atoms with Crippen LogP contribution in [0.5, 0.6) is 0 Å². The van der Waals surface area contributed by atoms with Crippen molar-refractivity contribution in [3.05, 3.63) is 0 Å². The molecular formula is CH6Br2O2V. The van der Waals surface area contributed by atoms with Gasteiger partial charge < -0.3 is 5.11 Å². The number of rotatable bonds is 0. The maximum atomic E-state index is 8.19. The first kappa shape index (κ1) is 26.6. The van der Waals surface area contributed by atoms with Crippen molar-refractivity contribution in [2.45, 2.75) is 0 Å². The molecule has 0 fully saturated rings. The monoisotopic (exact) mass is 259 g/mol. The summed E-state index contributed by atoms with van der Waals surface area (Å²) in [6, 6.07) is 0. The molecule has 0 aromatic carbocycles. The van der Waals surface area contributed by atoms with E-state index >= 15 is 0 Å². The molecule has 2 nitrogen and oxygen atoms in total. The van der Waals surface area contributed by atoms with E-state index in [9.17, 15) is 0 Å². The van der Waals surface area contributed by atoms with Crippen LogP contribution in [0.1, 0.15) is 0 Å². The first-order chi connectivity index (χ1) is 2.00. The van der Waals surface area contributed by atoms with Crippen LogP contribution in [-0.4, -0.2) is 12.2 Å². The molecule has 5 heteroatoms. The molecule has 0 rings (SSSR count). The summed E-state index contributed by atoms with van der Waals surface area (Å²) >= 11 is 1.06. The number of halogens is 2. The van der Waals surface area contributed by atoms with Gasteiger partial charge in [-0.25, -0.2) is 0 Å². The van der Waals surface area contributed by atoms with Crippen molar-refractivity contribution in [3.8, 4) is 0 Å². The molecule has 0 atom stereocenters. The van der Waals surface area contributed by atoms with Crippen LogP contribution in [0, 0.1) is 0 Å². The van der Waals surface area contributed by atoms with Gasteiger partial charge in [-0.15, -0.1) is 34.0 Å². The molecule has 0 aromatic rings. The fraction of sp³-hybridized carbons (Fsp3) is 1.00. The molecule has 0 spiro atoms. The molecule has 0 saturated carbocycles. The Balaban J connectivity index is -0.00000000500. The van der Waals surface area contributed by atoms with E-state index in [-0.39, 0.29) is 34.0 Å². The zero-order valence-corrected chi connectivity index (χ0v) is 7.94. The van der Waals surface area contributed by atoms with Crippen molar-refractivity contribution in [1.82, 2.24) is 0 Å². The van der Waals surface area contributed by atoms with Gasteiger partial charge >= 0.3 is 21.0 Å². The van der Waals surface area contributed by atoms with E-state index in [1.807, 2.05) is 0 Å². The van der Waals surface area contributed by atoms with Crippen molar-refractivity contribution in [3.63, 3.8) is 0 Å². The summed E-state index contributed by atoms with van der Waals surface area (Å²) < 4.78 is 8.19. The molecule has 0 unspecified atom stereocenters. The van der Waals surface area contributed by atoms with Crippen LogP contribution in [-0.2, 0) is 21.0 Å². The Kier molecular flexibility index (Phi) is 462. The molecule has 0 radical (unpaired) electrons. The zero-order chi connectivity index (χ0) is 4.00. The molecule has 0 aliphatic heterocycles. The van der Waals surface area contributed by atoms with Gasteiger partial charge in [0, 0.05) is 7.11 Å². The molecule has 6 heavy (non-hydrogen) atoms. The van der Waals surface area contributed by atoms with Crippen LogP contribution in [0.3, 0.4) is 0 Å². The topological polar surface area (TPSA) is 37.3 Å². The van der Waals surface area contributed by atoms with Crippen LogP contribution in [0.2, 0.25) is 0 Å². The van der Waals surface area contributed by atoms with Gasteiger partial charge in [0.2, 0.25) is 0 Å². The summed E-state index contributed by atoms with van der Waals surface area (Å²) in [7, 11) is 1.00. The van der Waals surface area contributed by atoms with E-state index in [4.69, 9.17) is 8.78 Å². The van der Waals surface area contributed by atoms with Gasteiger partial charge in [-0.05, 0) is 0 Å². The van der Waals surface area contributed by atoms with Crippen molar-refractivity contribution in [1.29, 1.82) is 0 Å². The van der Waals surface area contributed by atoms with Crippen LogP contribution >= 0.6 is 34.0 Å². The average molecular weight is 261 g/mol. The van der Waals surface area contributed by atoms with E-state index in [1.165, 1.54) is 0 Å². The first-order valence-electron chi connectivity index (χ1n) is 0.630. The molecule has 41 valence electrons. The summed E-state index contributed by atoms with van der Waals surface area (Å²) in [4.78, 5) is 0. The normalized spacial score (nSPS) is 1.50. The third-order valence-corrected chi connectivity index (χ3v) is 0. The van der Waals surface area contributed by atoms with Gasteiger partial charge in [0.25, 0.3) is 0 Å². The van der Waals surface area contributed by atoms with E-state index in [0.717, 1.165) is 24.5 Å². The fourth-order valence-corrected chi connectivity index (χ4v) is 0. The van der Waals surface area contributed by atoms with Crippen molar-refractivity contribution >= 4 is 34.0 Å². The molecule has 0 heterocycles. The van der Waals surface area contributed by atoms with Gasteiger partial charge in [0.05, 0.1) is 0 Å². The summed E-state index contributed by atoms with van der Waals surface area (Å²) in [6.07, 6.45) is 0.